The Hall–Kier alpha value is -3.88. The monoisotopic (exact) mass is 428 g/mol. The number of carbonyl (C=O) groups excluding carboxylic acids is 2. The van der Waals surface area contributed by atoms with Crippen molar-refractivity contribution in [3.63, 3.8) is 0 Å². The van der Waals surface area contributed by atoms with Crippen LogP contribution >= 0.6 is 0 Å². The summed E-state index contributed by atoms with van der Waals surface area (Å²) in [6.45, 7) is 0.279. The van der Waals surface area contributed by atoms with Crippen LogP contribution in [0.25, 0.3) is 11.8 Å². The van der Waals surface area contributed by atoms with Gasteiger partial charge in [0.1, 0.15) is 6.54 Å². The maximum absolute atomic E-state index is 12.3. The molecule has 0 fully saturated rings. The molecule has 3 rings (SSSR count). The minimum atomic E-state index is -4.50. The van der Waals surface area contributed by atoms with Crippen molar-refractivity contribution in [2.75, 3.05) is 11.9 Å². The maximum Gasteiger partial charge on any atom is 0.405 e. The van der Waals surface area contributed by atoms with Crippen molar-refractivity contribution >= 4 is 23.6 Å². The van der Waals surface area contributed by atoms with Crippen LogP contribution in [0.15, 0.2) is 67.0 Å². The molecule has 0 unspecified atom stereocenters. The van der Waals surface area contributed by atoms with Crippen LogP contribution in [0, 0.1) is 6.92 Å². The smallest absolute Gasteiger partial charge is 0.343 e. The number of para-hydroxylation sites is 1. The number of benzene rings is 2. The van der Waals surface area contributed by atoms with Gasteiger partial charge in [0.2, 0.25) is 5.91 Å². The summed E-state index contributed by atoms with van der Waals surface area (Å²) in [7, 11) is 0. The molecule has 0 saturated heterocycles. The molecule has 0 aliphatic carbocycles. The van der Waals surface area contributed by atoms with E-state index in [4.69, 9.17) is 0 Å². The molecular weight excluding hydrogens is 409 g/mol. The molecule has 0 bridgehead atoms. The average Bonchev–Trinajstić information content (AvgIpc) is 3.21. The van der Waals surface area contributed by atoms with E-state index in [1.807, 2.05) is 30.3 Å². The Morgan fingerprint density at radius 2 is 1.87 bits per heavy atom. The Labute approximate surface area is 176 Å². The van der Waals surface area contributed by atoms with Crippen LogP contribution in [0.3, 0.4) is 0 Å². The fraction of sp³-hybridized carbons (Fsp3) is 0.136. The molecule has 0 atom stereocenters. The second-order valence-corrected chi connectivity index (χ2v) is 6.70. The number of nitrogens with zero attached hydrogens (tertiary/aromatic N) is 2. The van der Waals surface area contributed by atoms with E-state index >= 15 is 0 Å². The summed E-state index contributed by atoms with van der Waals surface area (Å²) in [4.78, 5) is 24.2. The lowest BCUT2D eigenvalue weighted by molar-refractivity contribution is -0.123. The molecule has 2 N–H and O–H groups in total. The number of amides is 2. The van der Waals surface area contributed by atoms with Crippen molar-refractivity contribution in [2.45, 2.75) is 13.1 Å². The van der Waals surface area contributed by atoms with E-state index in [2.05, 4.69) is 10.4 Å². The molecule has 0 aliphatic rings. The van der Waals surface area contributed by atoms with Crippen molar-refractivity contribution in [3.8, 4) is 5.69 Å². The summed E-state index contributed by atoms with van der Waals surface area (Å²) in [5.41, 5.74) is 2.58. The molecule has 3 aromatic rings. The Balaban J connectivity index is 1.65. The van der Waals surface area contributed by atoms with Crippen LogP contribution in [-0.2, 0) is 4.79 Å². The van der Waals surface area contributed by atoms with E-state index in [1.54, 1.807) is 41.5 Å². The van der Waals surface area contributed by atoms with Gasteiger partial charge in [-0.15, -0.1) is 0 Å². The van der Waals surface area contributed by atoms with Gasteiger partial charge in [0.05, 0.1) is 11.9 Å². The van der Waals surface area contributed by atoms with Gasteiger partial charge in [0.25, 0.3) is 5.91 Å². The molecule has 0 radical (unpaired) electrons. The largest absolute Gasteiger partial charge is 0.405 e. The maximum atomic E-state index is 12.3. The molecule has 0 spiro atoms. The van der Waals surface area contributed by atoms with Crippen LogP contribution < -0.4 is 10.6 Å². The Kier molecular flexibility index (Phi) is 6.54. The molecule has 160 valence electrons. The molecule has 9 heteroatoms. The molecular formula is C22H19F3N4O2. The van der Waals surface area contributed by atoms with E-state index in [0.29, 0.717) is 16.8 Å². The first-order valence-corrected chi connectivity index (χ1v) is 9.26. The second-order valence-electron chi connectivity index (χ2n) is 6.70. The number of aromatic nitrogens is 2. The number of alkyl halides is 3. The van der Waals surface area contributed by atoms with Gasteiger partial charge in [0.15, 0.2) is 0 Å². The van der Waals surface area contributed by atoms with Crippen molar-refractivity contribution in [1.29, 1.82) is 0 Å². The summed E-state index contributed by atoms with van der Waals surface area (Å²) >= 11 is 0. The minimum Gasteiger partial charge on any atom is -0.343 e. The third kappa shape index (κ3) is 6.30. The quantitative estimate of drug-likeness (QED) is 0.580. The van der Waals surface area contributed by atoms with Crippen LogP contribution in [0.5, 0.6) is 0 Å². The zero-order valence-corrected chi connectivity index (χ0v) is 16.5. The topological polar surface area (TPSA) is 76.0 Å². The molecule has 0 aliphatic heterocycles. The predicted molar refractivity (Wildman–Crippen MR) is 111 cm³/mol. The van der Waals surface area contributed by atoms with Gasteiger partial charge in [-0.05, 0) is 42.8 Å². The van der Waals surface area contributed by atoms with Gasteiger partial charge < -0.3 is 10.6 Å². The fourth-order valence-electron chi connectivity index (χ4n) is 2.67. The van der Waals surface area contributed by atoms with Gasteiger partial charge in [-0.2, -0.15) is 18.3 Å². The lowest BCUT2D eigenvalue weighted by atomic mass is 10.1. The Morgan fingerprint density at radius 1 is 1.13 bits per heavy atom. The van der Waals surface area contributed by atoms with Crippen molar-refractivity contribution in [1.82, 2.24) is 15.1 Å². The predicted octanol–water partition coefficient (Wildman–Crippen LogP) is 4.12. The number of carbonyl (C=O) groups is 2. The second kappa shape index (κ2) is 9.29. The molecule has 2 amide bonds. The number of halogens is 3. The molecule has 0 saturated carbocycles. The molecule has 1 heterocycles. The first-order chi connectivity index (χ1) is 14.7. The highest BCUT2D eigenvalue weighted by Crippen LogP contribution is 2.18. The number of hydrogen-bond donors (Lipinski definition) is 2. The number of hydrogen-bond acceptors (Lipinski definition) is 3. The SMILES string of the molecule is Cc1ccc(C(=O)NCC(F)(F)F)cc1NC(=O)/C=C/c1cnn(-c2ccccc2)c1. The Morgan fingerprint density at radius 3 is 2.58 bits per heavy atom. The van der Waals surface area contributed by atoms with E-state index in [0.717, 1.165) is 5.69 Å². The number of nitrogens with one attached hydrogen (secondary N) is 2. The van der Waals surface area contributed by atoms with Crippen molar-refractivity contribution < 1.29 is 22.8 Å². The third-order valence-corrected chi connectivity index (χ3v) is 4.26. The van der Waals surface area contributed by atoms with Crippen LogP contribution in [0.4, 0.5) is 18.9 Å². The van der Waals surface area contributed by atoms with Crippen molar-refractivity contribution in [3.05, 3.63) is 83.7 Å². The van der Waals surface area contributed by atoms with Crippen LogP contribution in [0.2, 0.25) is 0 Å². The van der Waals surface area contributed by atoms with E-state index in [9.17, 15) is 22.8 Å². The number of aryl methyl sites for hydroxylation is 1. The van der Waals surface area contributed by atoms with Crippen molar-refractivity contribution in [2.24, 2.45) is 0 Å². The summed E-state index contributed by atoms with van der Waals surface area (Å²) < 4.78 is 38.5. The van der Waals surface area contributed by atoms with Crippen LogP contribution in [-0.4, -0.2) is 34.3 Å². The summed E-state index contributed by atoms with van der Waals surface area (Å²) in [5, 5.41) is 8.67. The highest BCUT2D eigenvalue weighted by atomic mass is 19.4. The highest BCUT2D eigenvalue weighted by Gasteiger charge is 2.28. The lowest BCUT2D eigenvalue weighted by Gasteiger charge is -2.11. The average molecular weight is 428 g/mol. The highest BCUT2D eigenvalue weighted by molar-refractivity contribution is 6.03. The zero-order valence-electron chi connectivity index (χ0n) is 16.5. The summed E-state index contributed by atoms with van der Waals surface area (Å²) in [6.07, 6.45) is 1.75. The first kappa shape index (κ1) is 21.8. The summed E-state index contributed by atoms with van der Waals surface area (Å²) in [6, 6.07) is 13.7. The van der Waals surface area contributed by atoms with Crippen LogP contribution in [0.1, 0.15) is 21.5 Å². The van der Waals surface area contributed by atoms with E-state index < -0.39 is 24.5 Å². The number of rotatable bonds is 6. The molecule has 31 heavy (non-hydrogen) atoms. The number of anilines is 1. The molecule has 6 nitrogen and oxygen atoms in total. The first-order valence-electron chi connectivity index (χ1n) is 9.26. The van der Waals surface area contributed by atoms with Gasteiger partial charge >= 0.3 is 6.18 Å². The molecule has 2 aromatic carbocycles. The lowest BCUT2D eigenvalue weighted by Crippen LogP contribution is -2.33. The van der Waals surface area contributed by atoms with Gasteiger partial charge in [0, 0.05) is 29.1 Å². The molecule has 1 aromatic heterocycles. The van der Waals surface area contributed by atoms with E-state index in [-0.39, 0.29) is 5.56 Å². The standard InChI is InChI=1S/C22H19F3N4O2/c1-15-7-9-17(21(31)26-14-22(23,24)25)11-19(15)28-20(30)10-8-16-12-27-29(13-16)18-5-3-2-4-6-18/h2-13H,14H2,1H3,(H,26,31)(H,28,30)/b10-8+. The van der Waals surface area contributed by atoms with E-state index in [1.165, 1.54) is 18.2 Å². The summed E-state index contributed by atoms with van der Waals surface area (Å²) in [5.74, 6) is -1.33. The van der Waals surface area contributed by atoms with Gasteiger partial charge in [-0.1, -0.05) is 24.3 Å². The van der Waals surface area contributed by atoms with Gasteiger partial charge in [-0.25, -0.2) is 4.68 Å². The third-order valence-electron chi connectivity index (χ3n) is 4.26. The zero-order chi connectivity index (χ0) is 22.4. The normalized spacial score (nSPS) is 11.5. The Bertz CT molecular complexity index is 1110. The fourth-order valence-corrected chi connectivity index (χ4v) is 2.67. The van der Waals surface area contributed by atoms with Gasteiger partial charge in [-0.3, -0.25) is 9.59 Å². The minimum absolute atomic E-state index is 0.0123.